The van der Waals surface area contributed by atoms with Crippen LogP contribution in [0.5, 0.6) is 0 Å². The maximum absolute atomic E-state index is 12.2. The van der Waals surface area contributed by atoms with Crippen molar-refractivity contribution in [3.05, 3.63) is 18.0 Å². The molecular formula is C13H19N3O2. The van der Waals surface area contributed by atoms with Crippen molar-refractivity contribution in [2.45, 2.75) is 44.2 Å². The fraction of sp³-hybridized carbons (Fsp3) is 0.692. The SMILES string of the molecule is O=C(c1ccn(C2CCCC2)n1)N1CC[C@@H](O)C1. The van der Waals surface area contributed by atoms with Crippen molar-refractivity contribution in [1.29, 1.82) is 0 Å². The van der Waals surface area contributed by atoms with E-state index in [-0.39, 0.29) is 12.0 Å². The molecule has 0 aromatic carbocycles. The molecule has 3 rings (SSSR count). The Balaban J connectivity index is 1.70. The number of aliphatic hydroxyl groups excluding tert-OH is 1. The average Bonchev–Trinajstić information content (AvgIpc) is 3.09. The van der Waals surface area contributed by atoms with Gasteiger partial charge in [0, 0.05) is 19.3 Å². The fourth-order valence-electron chi connectivity index (χ4n) is 2.91. The van der Waals surface area contributed by atoms with Gasteiger partial charge in [-0.25, -0.2) is 0 Å². The molecule has 1 aliphatic carbocycles. The Bertz CT molecular complexity index is 437. The van der Waals surface area contributed by atoms with E-state index < -0.39 is 0 Å². The molecule has 2 heterocycles. The average molecular weight is 249 g/mol. The van der Waals surface area contributed by atoms with Crippen LogP contribution in [0.25, 0.3) is 0 Å². The van der Waals surface area contributed by atoms with Crippen LogP contribution in [0.2, 0.25) is 0 Å². The minimum atomic E-state index is -0.370. The summed E-state index contributed by atoms with van der Waals surface area (Å²) < 4.78 is 1.94. The van der Waals surface area contributed by atoms with Gasteiger partial charge in [-0.15, -0.1) is 0 Å². The molecule has 0 radical (unpaired) electrons. The summed E-state index contributed by atoms with van der Waals surface area (Å²) in [5.74, 6) is -0.0525. The second-order valence-corrected chi connectivity index (χ2v) is 5.31. The Hall–Kier alpha value is -1.36. The number of carbonyl (C=O) groups is 1. The van der Waals surface area contributed by atoms with Crippen LogP contribution in [0.1, 0.15) is 48.6 Å². The molecule has 1 aromatic rings. The van der Waals surface area contributed by atoms with Crippen LogP contribution in [0.15, 0.2) is 12.3 Å². The van der Waals surface area contributed by atoms with Crippen molar-refractivity contribution < 1.29 is 9.90 Å². The third-order valence-electron chi connectivity index (χ3n) is 3.98. The van der Waals surface area contributed by atoms with E-state index >= 15 is 0 Å². The first-order valence-electron chi connectivity index (χ1n) is 6.76. The summed E-state index contributed by atoms with van der Waals surface area (Å²) >= 11 is 0. The van der Waals surface area contributed by atoms with Gasteiger partial charge in [-0.1, -0.05) is 12.8 Å². The molecule has 0 spiro atoms. The summed E-state index contributed by atoms with van der Waals surface area (Å²) in [4.78, 5) is 13.8. The summed E-state index contributed by atoms with van der Waals surface area (Å²) in [6.07, 6.45) is 7.06. The number of amides is 1. The van der Waals surface area contributed by atoms with E-state index in [1.807, 2.05) is 10.9 Å². The molecule has 2 aliphatic rings. The number of nitrogens with zero attached hydrogens (tertiary/aromatic N) is 3. The number of β-amino-alcohol motifs (C(OH)–C–C–N with tert-alkyl or cyclic N) is 1. The highest BCUT2D eigenvalue weighted by molar-refractivity contribution is 5.92. The Morgan fingerprint density at radius 2 is 2.11 bits per heavy atom. The highest BCUT2D eigenvalue weighted by Crippen LogP contribution is 2.28. The number of likely N-dealkylation sites (tertiary alicyclic amines) is 1. The van der Waals surface area contributed by atoms with E-state index in [0.29, 0.717) is 31.2 Å². The van der Waals surface area contributed by atoms with Crippen LogP contribution in [0.4, 0.5) is 0 Å². The third kappa shape index (κ3) is 2.14. The molecule has 98 valence electrons. The summed E-state index contributed by atoms with van der Waals surface area (Å²) in [6, 6.07) is 2.27. The van der Waals surface area contributed by atoms with E-state index in [2.05, 4.69) is 5.10 Å². The number of hydrogen-bond donors (Lipinski definition) is 1. The van der Waals surface area contributed by atoms with Crippen molar-refractivity contribution in [1.82, 2.24) is 14.7 Å². The maximum Gasteiger partial charge on any atom is 0.274 e. The first kappa shape index (κ1) is 11.7. The second kappa shape index (κ2) is 4.72. The second-order valence-electron chi connectivity index (χ2n) is 5.31. The molecule has 2 fully saturated rings. The molecular weight excluding hydrogens is 230 g/mol. The van der Waals surface area contributed by atoms with Crippen LogP contribution >= 0.6 is 0 Å². The lowest BCUT2D eigenvalue weighted by Gasteiger charge is -2.14. The molecule has 1 saturated heterocycles. The lowest BCUT2D eigenvalue weighted by Crippen LogP contribution is -2.30. The van der Waals surface area contributed by atoms with Crippen LogP contribution in [-0.2, 0) is 0 Å². The van der Waals surface area contributed by atoms with Gasteiger partial charge in [0.25, 0.3) is 5.91 Å². The van der Waals surface area contributed by atoms with Crippen molar-refractivity contribution in [2.24, 2.45) is 0 Å². The van der Waals surface area contributed by atoms with Gasteiger partial charge in [0.2, 0.25) is 0 Å². The van der Waals surface area contributed by atoms with E-state index in [1.54, 1.807) is 11.0 Å². The summed E-state index contributed by atoms with van der Waals surface area (Å²) in [5.41, 5.74) is 0.510. The number of rotatable bonds is 2. The molecule has 1 saturated carbocycles. The lowest BCUT2D eigenvalue weighted by molar-refractivity contribution is 0.0758. The molecule has 18 heavy (non-hydrogen) atoms. The van der Waals surface area contributed by atoms with Crippen LogP contribution < -0.4 is 0 Å². The number of aliphatic hydroxyl groups is 1. The smallest absolute Gasteiger partial charge is 0.274 e. The highest BCUT2D eigenvalue weighted by Gasteiger charge is 2.27. The monoisotopic (exact) mass is 249 g/mol. The van der Waals surface area contributed by atoms with Crippen molar-refractivity contribution in [3.8, 4) is 0 Å². The summed E-state index contributed by atoms with van der Waals surface area (Å²) in [6.45, 7) is 1.07. The zero-order valence-corrected chi connectivity index (χ0v) is 10.5. The molecule has 1 amide bonds. The van der Waals surface area contributed by atoms with Gasteiger partial charge in [-0.3, -0.25) is 9.48 Å². The zero-order chi connectivity index (χ0) is 12.5. The first-order valence-corrected chi connectivity index (χ1v) is 6.76. The van der Waals surface area contributed by atoms with E-state index in [9.17, 15) is 9.90 Å². The minimum Gasteiger partial charge on any atom is -0.391 e. The quantitative estimate of drug-likeness (QED) is 0.857. The largest absolute Gasteiger partial charge is 0.391 e. The normalized spacial score (nSPS) is 24.9. The van der Waals surface area contributed by atoms with Gasteiger partial charge in [0.05, 0.1) is 12.1 Å². The molecule has 1 aliphatic heterocycles. The Kier molecular flexibility index (Phi) is 3.07. The van der Waals surface area contributed by atoms with Gasteiger partial charge in [0.15, 0.2) is 0 Å². The van der Waals surface area contributed by atoms with Crippen LogP contribution in [-0.4, -0.2) is 44.9 Å². The van der Waals surface area contributed by atoms with E-state index in [0.717, 1.165) is 12.8 Å². The molecule has 1 atom stereocenters. The van der Waals surface area contributed by atoms with Gasteiger partial charge < -0.3 is 10.0 Å². The summed E-state index contributed by atoms with van der Waals surface area (Å²) in [5, 5.41) is 13.9. The van der Waals surface area contributed by atoms with Gasteiger partial charge >= 0.3 is 0 Å². The van der Waals surface area contributed by atoms with Gasteiger partial charge in [-0.05, 0) is 25.3 Å². The predicted octanol–water partition coefficient (Wildman–Crippen LogP) is 1.20. The number of carbonyl (C=O) groups excluding carboxylic acids is 1. The molecule has 5 heteroatoms. The molecule has 1 N–H and O–H groups in total. The maximum atomic E-state index is 12.2. The molecule has 5 nitrogen and oxygen atoms in total. The Morgan fingerprint density at radius 1 is 1.33 bits per heavy atom. The number of aromatic nitrogens is 2. The predicted molar refractivity (Wildman–Crippen MR) is 66.3 cm³/mol. The lowest BCUT2D eigenvalue weighted by atomic mass is 10.3. The Morgan fingerprint density at radius 3 is 2.78 bits per heavy atom. The van der Waals surface area contributed by atoms with Crippen LogP contribution in [0, 0.1) is 0 Å². The fourth-order valence-corrected chi connectivity index (χ4v) is 2.91. The van der Waals surface area contributed by atoms with Crippen molar-refractivity contribution in [2.75, 3.05) is 13.1 Å². The Labute approximate surface area is 106 Å². The highest BCUT2D eigenvalue weighted by atomic mass is 16.3. The molecule has 0 unspecified atom stereocenters. The zero-order valence-electron chi connectivity index (χ0n) is 10.5. The van der Waals surface area contributed by atoms with Gasteiger partial charge in [0.1, 0.15) is 5.69 Å². The summed E-state index contributed by atoms with van der Waals surface area (Å²) in [7, 11) is 0. The van der Waals surface area contributed by atoms with E-state index in [1.165, 1.54) is 12.8 Å². The van der Waals surface area contributed by atoms with Crippen molar-refractivity contribution in [3.63, 3.8) is 0 Å². The first-order chi connectivity index (χ1) is 8.74. The minimum absolute atomic E-state index is 0.0525. The number of hydrogen-bond acceptors (Lipinski definition) is 3. The molecule has 0 bridgehead atoms. The van der Waals surface area contributed by atoms with Crippen LogP contribution in [0.3, 0.4) is 0 Å². The third-order valence-corrected chi connectivity index (χ3v) is 3.98. The van der Waals surface area contributed by atoms with Crippen molar-refractivity contribution >= 4 is 5.91 Å². The topological polar surface area (TPSA) is 58.4 Å². The van der Waals surface area contributed by atoms with Gasteiger partial charge in [-0.2, -0.15) is 5.10 Å². The molecule has 1 aromatic heterocycles. The van der Waals surface area contributed by atoms with E-state index in [4.69, 9.17) is 0 Å². The standard InChI is InChI=1S/C13H19N3O2/c17-11-5-7-15(9-11)13(18)12-6-8-16(14-12)10-3-1-2-4-10/h6,8,10-11,17H,1-5,7,9H2/t11-/m1/s1.